The van der Waals surface area contributed by atoms with Crippen LogP contribution in [0.4, 0.5) is 0 Å². The summed E-state index contributed by atoms with van der Waals surface area (Å²) in [4.78, 5) is 0. The Hall–Kier alpha value is -1.26. The van der Waals surface area contributed by atoms with Crippen molar-refractivity contribution in [3.8, 4) is 5.75 Å². The monoisotopic (exact) mass is 366 g/mol. The maximum absolute atomic E-state index is 6.18. The Morgan fingerprint density at radius 2 is 1.75 bits per heavy atom. The second-order valence-corrected chi connectivity index (χ2v) is 6.36. The van der Waals surface area contributed by atoms with E-state index in [4.69, 9.17) is 27.9 Å². The van der Waals surface area contributed by atoms with E-state index in [1.54, 1.807) is 0 Å². The van der Waals surface area contributed by atoms with Crippen molar-refractivity contribution in [1.82, 2.24) is 10.6 Å². The Kier molecular flexibility index (Phi) is 8.40. The van der Waals surface area contributed by atoms with E-state index in [0.29, 0.717) is 11.6 Å². The average Bonchev–Trinajstić information content (AvgIpc) is 2.58. The van der Waals surface area contributed by atoms with E-state index in [2.05, 4.69) is 17.6 Å². The molecule has 0 aromatic heterocycles. The summed E-state index contributed by atoms with van der Waals surface area (Å²) in [5, 5.41) is 8.18. The maximum atomic E-state index is 6.18. The Labute approximate surface area is 154 Å². The largest absolute Gasteiger partial charge is 0.489 e. The summed E-state index contributed by atoms with van der Waals surface area (Å²) in [6.45, 7) is 6.26. The van der Waals surface area contributed by atoms with Crippen molar-refractivity contribution < 1.29 is 4.74 Å². The molecule has 5 heteroatoms. The minimum atomic E-state index is 0.439. The van der Waals surface area contributed by atoms with Crippen LogP contribution in [0, 0.1) is 0 Å². The third kappa shape index (κ3) is 6.33. The molecule has 2 rings (SSSR count). The first-order valence-corrected chi connectivity index (χ1v) is 9.02. The lowest BCUT2D eigenvalue weighted by molar-refractivity contribution is 0.302. The summed E-state index contributed by atoms with van der Waals surface area (Å²) in [5.41, 5.74) is 2.02. The van der Waals surface area contributed by atoms with Gasteiger partial charge in [0.25, 0.3) is 0 Å². The van der Waals surface area contributed by atoms with Gasteiger partial charge < -0.3 is 15.4 Å². The molecule has 3 nitrogen and oxygen atoms in total. The maximum Gasteiger partial charge on any atom is 0.124 e. The highest BCUT2D eigenvalue weighted by Crippen LogP contribution is 2.25. The number of hydrogen-bond donors (Lipinski definition) is 2. The lowest BCUT2D eigenvalue weighted by atomic mass is 10.2. The van der Waals surface area contributed by atoms with Crippen LogP contribution in [0.25, 0.3) is 0 Å². The molecule has 0 atom stereocenters. The highest BCUT2D eigenvalue weighted by Gasteiger charge is 2.07. The molecule has 2 N–H and O–H groups in total. The molecule has 2 aromatic rings. The normalized spacial score (nSPS) is 10.8. The van der Waals surface area contributed by atoms with E-state index in [0.717, 1.165) is 54.5 Å². The van der Waals surface area contributed by atoms with Crippen LogP contribution in [0.3, 0.4) is 0 Å². The first-order valence-electron chi connectivity index (χ1n) is 8.26. The van der Waals surface area contributed by atoms with Crippen LogP contribution in [0.15, 0.2) is 42.5 Å². The topological polar surface area (TPSA) is 33.3 Å². The van der Waals surface area contributed by atoms with Gasteiger partial charge in [0.05, 0.1) is 0 Å². The molecule has 0 heterocycles. The van der Waals surface area contributed by atoms with Gasteiger partial charge in [-0.05, 0) is 50.3 Å². The average molecular weight is 367 g/mol. The SMILES string of the molecule is CCNCCCNCc1cc(Cl)ccc1OCc1ccccc1Cl. The number of halogens is 2. The molecule has 0 unspecified atom stereocenters. The second-order valence-electron chi connectivity index (χ2n) is 5.52. The van der Waals surface area contributed by atoms with Crippen LogP contribution in [0.1, 0.15) is 24.5 Å². The minimum Gasteiger partial charge on any atom is -0.489 e. The van der Waals surface area contributed by atoms with Gasteiger partial charge >= 0.3 is 0 Å². The highest BCUT2D eigenvalue weighted by molar-refractivity contribution is 6.31. The van der Waals surface area contributed by atoms with E-state index < -0.39 is 0 Å². The molecule has 0 aliphatic heterocycles. The number of hydrogen-bond acceptors (Lipinski definition) is 3. The highest BCUT2D eigenvalue weighted by atomic mass is 35.5. The summed E-state index contributed by atoms with van der Waals surface area (Å²) < 4.78 is 5.96. The van der Waals surface area contributed by atoms with Crippen molar-refractivity contribution in [2.24, 2.45) is 0 Å². The molecule has 0 radical (unpaired) electrons. The van der Waals surface area contributed by atoms with Gasteiger partial charge in [0.1, 0.15) is 12.4 Å². The van der Waals surface area contributed by atoms with Crippen molar-refractivity contribution in [2.45, 2.75) is 26.5 Å². The summed E-state index contributed by atoms with van der Waals surface area (Å²) in [7, 11) is 0. The molecule has 0 bridgehead atoms. The van der Waals surface area contributed by atoms with Crippen molar-refractivity contribution in [1.29, 1.82) is 0 Å². The molecule has 0 fully saturated rings. The van der Waals surface area contributed by atoms with E-state index in [9.17, 15) is 0 Å². The number of benzene rings is 2. The van der Waals surface area contributed by atoms with E-state index in [1.165, 1.54) is 0 Å². The zero-order valence-electron chi connectivity index (χ0n) is 13.9. The van der Waals surface area contributed by atoms with Gasteiger partial charge in [0, 0.05) is 27.7 Å². The van der Waals surface area contributed by atoms with Crippen molar-refractivity contribution in [3.05, 3.63) is 63.6 Å². The fourth-order valence-corrected chi connectivity index (χ4v) is 2.72. The Balaban J connectivity index is 1.91. The molecule has 0 saturated carbocycles. The second kappa shape index (κ2) is 10.6. The van der Waals surface area contributed by atoms with Crippen LogP contribution in [0.2, 0.25) is 10.0 Å². The Morgan fingerprint density at radius 3 is 2.54 bits per heavy atom. The first-order chi connectivity index (χ1) is 11.7. The van der Waals surface area contributed by atoms with Gasteiger partial charge in [-0.25, -0.2) is 0 Å². The molecule has 130 valence electrons. The predicted octanol–water partition coefficient (Wildman–Crippen LogP) is 4.66. The van der Waals surface area contributed by atoms with Crippen molar-refractivity contribution in [2.75, 3.05) is 19.6 Å². The Morgan fingerprint density at radius 1 is 0.958 bits per heavy atom. The van der Waals surface area contributed by atoms with Gasteiger partial charge in [0.15, 0.2) is 0 Å². The lowest BCUT2D eigenvalue weighted by Crippen LogP contribution is -2.21. The smallest absolute Gasteiger partial charge is 0.124 e. The van der Waals surface area contributed by atoms with Gasteiger partial charge in [-0.2, -0.15) is 0 Å². The predicted molar refractivity (Wildman–Crippen MR) is 102 cm³/mol. The van der Waals surface area contributed by atoms with Gasteiger partial charge in [-0.1, -0.05) is 48.3 Å². The lowest BCUT2D eigenvalue weighted by Gasteiger charge is -2.13. The van der Waals surface area contributed by atoms with E-state index >= 15 is 0 Å². The molecule has 0 spiro atoms. The molecule has 0 aliphatic carbocycles. The van der Waals surface area contributed by atoms with Crippen LogP contribution < -0.4 is 15.4 Å². The summed E-state index contributed by atoms with van der Waals surface area (Å²) in [6, 6.07) is 13.4. The summed E-state index contributed by atoms with van der Waals surface area (Å²) in [5.74, 6) is 0.832. The van der Waals surface area contributed by atoms with Crippen LogP contribution >= 0.6 is 23.2 Å². The molecular weight excluding hydrogens is 343 g/mol. The molecule has 0 aliphatic rings. The van der Waals surface area contributed by atoms with E-state index in [-0.39, 0.29) is 0 Å². The van der Waals surface area contributed by atoms with Crippen molar-refractivity contribution >= 4 is 23.2 Å². The third-order valence-corrected chi connectivity index (χ3v) is 4.24. The van der Waals surface area contributed by atoms with Crippen LogP contribution in [-0.4, -0.2) is 19.6 Å². The molecule has 0 saturated heterocycles. The van der Waals surface area contributed by atoms with E-state index in [1.807, 2.05) is 42.5 Å². The zero-order chi connectivity index (χ0) is 17.2. The van der Waals surface area contributed by atoms with Crippen molar-refractivity contribution in [3.63, 3.8) is 0 Å². The summed E-state index contributed by atoms with van der Waals surface area (Å²) in [6.07, 6.45) is 1.09. The molecule has 2 aromatic carbocycles. The number of rotatable bonds is 10. The number of ether oxygens (including phenoxy) is 1. The van der Waals surface area contributed by atoms with Crippen LogP contribution in [-0.2, 0) is 13.2 Å². The molecule has 24 heavy (non-hydrogen) atoms. The van der Waals surface area contributed by atoms with Crippen LogP contribution in [0.5, 0.6) is 5.75 Å². The van der Waals surface area contributed by atoms with Gasteiger partial charge in [-0.15, -0.1) is 0 Å². The molecule has 0 amide bonds. The Bertz CT molecular complexity index is 635. The fraction of sp³-hybridized carbons (Fsp3) is 0.368. The first kappa shape index (κ1) is 19.1. The fourth-order valence-electron chi connectivity index (χ4n) is 2.34. The summed E-state index contributed by atoms with van der Waals surface area (Å²) >= 11 is 12.3. The third-order valence-electron chi connectivity index (χ3n) is 3.64. The number of nitrogens with one attached hydrogen (secondary N) is 2. The standard InChI is InChI=1S/C19H24Cl2N2O/c1-2-22-10-5-11-23-13-16-12-17(20)8-9-19(16)24-14-15-6-3-4-7-18(15)21/h3-4,6-9,12,22-23H,2,5,10-11,13-14H2,1H3. The quantitative estimate of drug-likeness (QED) is 0.599. The zero-order valence-corrected chi connectivity index (χ0v) is 15.5. The van der Waals surface area contributed by atoms with Gasteiger partial charge in [0.2, 0.25) is 0 Å². The van der Waals surface area contributed by atoms with Gasteiger partial charge in [-0.3, -0.25) is 0 Å². The minimum absolute atomic E-state index is 0.439. The molecular formula is C19H24Cl2N2O.